The standard InChI is InChI=1S/C13H18N4O/c1-2-3-7-14-12-6-8-15-13(17-12)16-10-11-5-4-9-18-11/h4-6,8-9H,2-3,7,10H2,1H3,(H2,14,15,16,17). The largest absolute Gasteiger partial charge is 0.467 e. The SMILES string of the molecule is CCCCNc1ccnc(NCc2ccco2)n1. The van der Waals surface area contributed by atoms with Crippen LogP contribution in [0.3, 0.4) is 0 Å². The minimum absolute atomic E-state index is 0.589. The molecule has 0 unspecified atom stereocenters. The number of hydrogen-bond acceptors (Lipinski definition) is 5. The van der Waals surface area contributed by atoms with Crippen molar-refractivity contribution in [1.82, 2.24) is 9.97 Å². The molecule has 2 aromatic heterocycles. The Hall–Kier alpha value is -2.04. The second-order valence-corrected chi connectivity index (χ2v) is 3.98. The minimum Gasteiger partial charge on any atom is -0.467 e. The Morgan fingerprint density at radius 2 is 2.22 bits per heavy atom. The molecular formula is C13H18N4O. The maximum Gasteiger partial charge on any atom is 0.224 e. The fraction of sp³-hybridized carbons (Fsp3) is 0.385. The summed E-state index contributed by atoms with van der Waals surface area (Å²) in [4.78, 5) is 8.53. The number of nitrogens with zero attached hydrogens (tertiary/aromatic N) is 2. The van der Waals surface area contributed by atoms with E-state index in [1.165, 1.54) is 6.42 Å². The number of nitrogens with one attached hydrogen (secondary N) is 2. The Kier molecular flexibility index (Phi) is 4.58. The zero-order chi connectivity index (χ0) is 12.6. The first-order valence-electron chi connectivity index (χ1n) is 6.21. The van der Waals surface area contributed by atoms with E-state index < -0.39 is 0 Å². The summed E-state index contributed by atoms with van der Waals surface area (Å²) in [5, 5.41) is 6.39. The molecule has 0 saturated carbocycles. The summed E-state index contributed by atoms with van der Waals surface area (Å²) < 4.78 is 5.23. The van der Waals surface area contributed by atoms with Crippen LogP contribution < -0.4 is 10.6 Å². The number of anilines is 2. The first-order valence-corrected chi connectivity index (χ1v) is 6.21. The van der Waals surface area contributed by atoms with Gasteiger partial charge in [0, 0.05) is 12.7 Å². The summed E-state index contributed by atoms with van der Waals surface area (Å²) in [7, 11) is 0. The Morgan fingerprint density at radius 3 is 3.00 bits per heavy atom. The fourth-order valence-corrected chi connectivity index (χ4v) is 1.51. The molecule has 0 saturated heterocycles. The van der Waals surface area contributed by atoms with Gasteiger partial charge in [-0.05, 0) is 24.6 Å². The van der Waals surface area contributed by atoms with Crippen LogP contribution in [0.2, 0.25) is 0 Å². The van der Waals surface area contributed by atoms with E-state index in [1.54, 1.807) is 12.5 Å². The van der Waals surface area contributed by atoms with Crippen molar-refractivity contribution in [2.75, 3.05) is 17.2 Å². The van der Waals surface area contributed by atoms with Crippen LogP contribution in [-0.2, 0) is 6.54 Å². The lowest BCUT2D eigenvalue weighted by molar-refractivity contribution is 0.517. The summed E-state index contributed by atoms with van der Waals surface area (Å²) in [6.45, 7) is 3.69. The third-order valence-electron chi connectivity index (χ3n) is 2.49. The molecule has 5 nitrogen and oxygen atoms in total. The summed E-state index contributed by atoms with van der Waals surface area (Å²) in [6.07, 6.45) is 5.70. The van der Waals surface area contributed by atoms with Gasteiger partial charge >= 0.3 is 0 Å². The molecule has 0 aliphatic rings. The lowest BCUT2D eigenvalue weighted by Crippen LogP contribution is -2.07. The fourth-order valence-electron chi connectivity index (χ4n) is 1.51. The van der Waals surface area contributed by atoms with Gasteiger partial charge in [-0.1, -0.05) is 13.3 Å². The van der Waals surface area contributed by atoms with Crippen molar-refractivity contribution >= 4 is 11.8 Å². The Labute approximate surface area is 107 Å². The summed E-state index contributed by atoms with van der Waals surface area (Å²) in [6, 6.07) is 5.64. The topological polar surface area (TPSA) is 63.0 Å². The van der Waals surface area contributed by atoms with E-state index in [1.807, 2.05) is 18.2 Å². The average molecular weight is 246 g/mol. The van der Waals surface area contributed by atoms with Gasteiger partial charge in [0.1, 0.15) is 11.6 Å². The van der Waals surface area contributed by atoms with Gasteiger partial charge < -0.3 is 15.1 Å². The highest BCUT2D eigenvalue weighted by Crippen LogP contribution is 2.08. The van der Waals surface area contributed by atoms with Crippen LogP contribution in [-0.4, -0.2) is 16.5 Å². The Balaban J connectivity index is 1.86. The second kappa shape index (κ2) is 6.64. The monoisotopic (exact) mass is 246 g/mol. The third-order valence-corrected chi connectivity index (χ3v) is 2.49. The molecule has 96 valence electrons. The first-order chi connectivity index (χ1) is 8.88. The number of rotatable bonds is 7. The normalized spacial score (nSPS) is 10.3. The molecule has 0 amide bonds. The molecule has 0 aromatic carbocycles. The van der Waals surface area contributed by atoms with Gasteiger partial charge in [-0.15, -0.1) is 0 Å². The van der Waals surface area contributed by atoms with Crippen molar-refractivity contribution in [3.8, 4) is 0 Å². The quantitative estimate of drug-likeness (QED) is 0.735. The van der Waals surface area contributed by atoms with Gasteiger partial charge in [0.25, 0.3) is 0 Å². The number of furan rings is 1. The highest BCUT2D eigenvalue weighted by Gasteiger charge is 2.00. The van der Waals surface area contributed by atoms with E-state index in [9.17, 15) is 0 Å². The predicted molar refractivity (Wildman–Crippen MR) is 71.5 cm³/mol. The van der Waals surface area contributed by atoms with E-state index in [0.29, 0.717) is 12.5 Å². The molecule has 0 fully saturated rings. The van der Waals surface area contributed by atoms with E-state index in [0.717, 1.165) is 24.5 Å². The highest BCUT2D eigenvalue weighted by atomic mass is 16.3. The Bertz CT molecular complexity index is 456. The van der Waals surface area contributed by atoms with Gasteiger partial charge in [-0.2, -0.15) is 4.98 Å². The lowest BCUT2D eigenvalue weighted by Gasteiger charge is -2.07. The molecule has 2 heterocycles. The molecule has 2 N–H and O–H groups in total. The smallest absolute Gasteiger partial charge is 0.224 e. The molecule has 5 heteroatoms. The number of unbranched alkanes of at least 4 members (excludes halogenated alkanes) is 1. The number of hydrogen-bond donors (Lipinski definition) is 2. The van der Waals surface area contributed by atoms with Crippen molar-refractivity contribution in [1.29, 1.82) is 0 Å². The van der Waals surface area contributed by atoms with Crippen molar-refractivity contribution in [3.63, 3.8) is 0 Å². The summed E-state index contributed by atoms with van der Waals surface area (Å²) >= 11 is 0. The molecule has 18 heavy (non-hydrogen) atoms. The van der Waals surface area contributed by atoms with Crippen molar-refractivity contribution in [3.05, 3.63) is 36.4 Å². The van der Waals surface area contributed by atoms with E-state index >= 15 is 0 Å². The van der Waals surface area contributed by atoms with Crippen molar-refractivity contribution in [2.24, 2.45) is 0 Å². The molecule has 0 aliphatic heterocycles. The molecular weight excluding hydrogens is 228 g/mol. The van der Waals surface area contributed by atoms with E-state index in [2.05, 4.69) is 27.5 Å². The summed E-state index contributed by atoms with van der Waals surface area (Å²) in [5.74, 6) is 2.32. The highest BCUT2D eigenvalue weighted by molar-refractivity contribution is 5.39. The third kappa shape index (κ3) is 3.76. The van der Waals surface area contributed by atoms with Crippen LogP contribution in [0.15, 0.2) is 35.1 Å². The zero-order valence-corrected chi connectivity index (χ0v) is 10.5. The van der Waals surface area contributed by atoms with Gasteiger partial charge in [-0.25, -0.2) is 4.98 Å². The van der Waals surface area contributed by atoms with Gasteiger partial charge in [-0.3, -0.25) is 0 Å². The molecule has 2 rings (SSSR count). The molecule has 0 bridgehead atoms. The molecule has 0 spiro atoms. The van der Waals surface area contributed by atoms with Crippen LogP contribution in [0.1, 0.15) is 25.5 Å². The predicted octanol–water partition coefficient (Wildman–Crippen LogP) is 2.89. The second-order valence-electron chi connectivity index (χ2n) is 3.98. The van der Waals surface area contributed by atoms with Crippen LogP contribution >= 0.6 is 0 Å². The zero-order valence-electron chi connectivity index (χ0n) is 10.5. The lowest BCUT2D eigenvalue weighted by atomic mass is 10.3. The minimum atomic E-state index is 0.589. The van der Waals surface area contributed by atoms with Crippen LogP contribution in [0.4, 0.5) is 11.8 Å². The van der Waals surface area contributed by atoms with Crippen molar-refractivity contribution in [2.45, 2.75) is 26.3 Å². The molecule has 0 radical (unpaired) electrons. The summed E-state index contributed by atoms with van der Waals surface area (Å²) in [5.41, 5.74) is 0. The van der Waals surface area contributed by atoms with E-state index in [4.69, 9.17) is 4.42 Å². The number of aromatic nitrogens is 2. The maximum absolute atomic E-state index is 5.23. The first kappa shape index (κ1) is 12.4. The van der Waals surface area contributed by atoms with Crippen molar-refractivity contribution < 1.29 is 4.42 Å². The maximum atomic E-state index is 5.23. The molecule has 0 atom stereocenters. The average Bonchev–Trinajstić information content (AvgIpc) is 2.90. The van der Waals surface area contributed by atoms with E-state index in [-0.39, 0.29) is 0 Å². The van der Waals surface area contributed by atoms with Crippen LogP contribution in [0.25, 0.3) is 0 Å². The van der Waals surface area contributed by atoms with Gasteiger partial charge in [0.2, 0.25) is 5.95 Å². The molecule has 2 aromatic rings. The Morgan fingerprint density at radius 1 is 1.28 bits per heavy atom. The van der Waals surface area contributed by atoms with Gasteiger partial charge in [0.15, 0.2) is 0 Å². The van der Waals surface area contributed by atoms with Crippen LogP contribution in [0, 0.1) is 0 Å². The molecule has 0 aliphatic carbocycles. The van der Waals surface area contributed by atoms with Crippen LogP contribution in [0.5, 0.6) is 0 Å². The van der Waals surface area contributed by atoms with Gasteiger partial charge in [0.05, 0.1) is 12.8 Å².